The van der Waals surface area contributed by atoms with Gasteiger partial charge in [-0.05, 0) is 26.3 Å². The topological polar surface area (TPSA) is 86.7 Å². The molecule has 1 fully saturated rings. The minimum absolute atomic E-state index is 0. The molecule has 6 nitrogen and oxygen atoms in total. The number of carboxylic acid groups (broad SMARTS) is 1. The molecule has 19 heavy (non-hydrogen) atoms. The molecule has 98 valence electrons. The molecular formula is C12H14NNaO5. The molecule has 7 heteroatoms. The van der Waals surface area contributed by atoms with Gasteiger partial charge in [0.15, 0.2) is 0 Å². The van der Waals surface area contributed by atoms with Crippen LogP contribution in [0.4, 0.5) is 0 Å². The number of nitrogens with zero attached hydrogens (tertiary/aromatic N) is 1. The van der Waals surface area contributed by atoms with E-state index in [1.54, 1.807) is 13.8 Å². The normalized spacial score (nSPS) is 28.5. The monoisotopic (exact) mass is 275 g/mol. The second-order valence-electron chi connectivity index (χ2n) is 4.67. The Labute approximate surface area is 133 Å². The Balaban J connectivity index is 0.00000180. The molecule has 0 bridgehead atoms. The fraction of sp³-hybridized carbons (Fsp3) is 0.583. The van der Waals surface area contributed by atoms with Crippen LogP contribution in [-0.2, 0) is 19.1 Å². The van der Waals surface area contributed by atoms with Crippen molar-refractivity contribution in [1.82, 2.24) is 4.90 Å². The third-order valence-corrected chi connectivity index (χ3v) is 3.88. The maximum atomic E-state index is 12.0. The summed E-state index contributed by atoms with van der Waals surface area (Å²) < 4.78 is 4.99. The number of carboxylic acids is 1. The van der Waals surface area contributed by atoms with Gasteiger partial charge in [0.1, 0.15) is 5.41 Å². The zero-order chi connectivity index (χ0) is 13.7. The number of ether oxygens (including phenoxy) is 1. The van der Waals surface area contributed by atoms with Gasteiger partial charge in [-0.3, -0.25) is 9.59 Å². The van der Waals surface area contributed by atoms with E-state index in [1.807, 2.05) is 0 Å². The molecule has 0 saturated carbocycles. The Bertz CT molecular complexity index is 487. The van der Waals surface area contributed by atoms with Gasteiger partial charge in [-0.1, -0.05) is 0 Å². The van der Waals surface area contributed by atoms with Gasteiger partial charge >= 0.3 is 35.5 Å². The van der Waals surface area contributed by atoms with Crippen LogP contribution in [0, 0.1) is 5.41 Å². The van der Waals surface area contributed by atoms with Crippen molar-refractivity contribution >= 4 is 17.8 Å². The number of fused-ring (bicyclic) bond motifs is 1. The van der Waals surface area contributed by atoms with E-state index in [1.165, 1.54) is 6.92 Å². The van der Waals surface area contributed by atoms with Crippen LogP contribution in [0.3, 0.4) is 0 Å². The molecule has 0 N–H and O–H groups in total. The van der Waals surface area contributed by atoms with E-state index in [4.69, 9.17) is 4.74 Å². The quantitative estimate of drug-likeness (QED) is 0.299. The van der Waals surface area contributed by atoms with Crippen molar-refractivity contribution < 1.29 is 53.8 Å². The number of hydrogen-bond acceptors (Lipinski definition) is 5. The maximum Gasteiger partial charge on any atom is 1.00 e. The largest absolute Gasteiger partial charge is 1.00 e. The zero-order valence-electron chi connectivity index (χ0n) is 11.5. The number of carbonyl (C=O) groups excluding carboxylic acids is 3. The van der Waals surface area contributed by atoms with Gasteiger partial charge in [-0.2, -0.15) is 0 Å². The molecule has 0 aliphatic carbocycles. The Hall–Kier alpha value is -0.850. The van der Waals surface area contributed by atoms with E-state index in [0.717, 1.165) is 4.90 Å². The van der Waals surface area contributed by atoms with Gasteiger partial charge in [0, 0.05) is 6.42 Å². The van der Waals surface area contributed by atoms with Crippen LogP contribution in [0.15, 0.2) is 11.3 Å². The number of esters is 1. The summed E-state index contributed by atoms with van der Waals surface area (Å²) in [4.78, 5) is 35.8. The smallest absolute Gasteiger partial charge is 0.543 e. The standard InChI is InChI=1S/C12H15NO5.Na/c1-4-18-11(17)12(3)6(2)9(10(15)16)13-7(12)5-8(13)14;/h7H,4-5H2,1-3H3,(H,15,16);/q;+1/p-1/t7-,12?;/m0./s1. The van der Waals surface area contributed by atoms with Crippen molar-refractivity contribution in [3.8, 4) is 0 Å². The van der Waals surface area contributed by atoms with Crippen molar-refractivity contribution in [3.63, 3.8) is 0 Å². The molecule has 1 amide bonds. The third-order valence-electron chi connectivity index (χ3n) is 3.88. The minimum Gasteiger partial charge on any atom is -0.543 e. The molecule has 2 atom stereocenters. The van der Waals surface area contributed by atoms with E-state index in [2.05, 4.69) is 0 Å². The van der Waals surface area contributed by atoms with Gasteiger partial charge in [-0.15, -0.1) is 0 Å². The Morgan fingerprint density at radius 3 is 2.47 bits per heavy atom. The average Bonchev–Trinajstić information content (AvgIpc) is 2.48. The van der Waals surface area contributed by atoms with Gasteiger partial charge in [-0.25, -0.2) is 0 Å². The van der Waals surface area contributed by atoms with Crippen molar-refractivity contribution in [2.45, 2.75) is 33.2 Å². The Kier molecular flexibility index (Phi) is 4.49. The maximum absolute atomic E-state index is 12.0. The summed E-state index contributed by atoms with van der Waals surface area (Å²) in [6, 6.07) is -0.461. The molecule has 1 saturated heterocycles. The van der Waals surface area contributed by atoms with Gasteiger partial charge in [0.2, 0.25) is 5.91 Å². The average molecular weight is 275 g/mol. The number of amides is 1. The van der Waals surface area contributed by atoms with Crippen LogP contribution in [0.25, 0.3) is 0 Å². The van der Waals surface area contributed by atoms with E-state index in [0.29, 0.717) is 5.57 Å². The number of β-lactam (4-membered cyclic amide) rings is 1. The summed E-state index contributed by atoms with van der Waals surface area (Å²) in [5.74, 6) is -2.23. The van der Waals surface area contributed by atoms with Crippen molar-refractivity contribution in [1.29, 1.82) is 0 Å². The van der Waals surface area contributed by atoms with Gasteiger partial charge in [0.05, 0.1) is 24.3 Å². The number of aliphatic carboxylic acids is 1. The summed E-state index contributed by atoms with van der Waals surface area (Å²) >= 11 is 0. The Morgan fingerprint density at radius 2 is 2.11 bits per heavy atom. The van der Waals surface area contributed by atoms with Crippen molar-refractivity contribution in [2.24, 2.45) is 5.41 Å². The second kappa shape index (κ2) is 5.26. The third kappa shape index (κ3) is 2.02. The summed E-state index contributed by atoms with van der Waals surface area (Å²) in [6.07, 6.45) is 0.156. The number of hydrogen-bond donors (Lipinski definition) is 0. The molecule has 2 rings (SSSR count). The van der Waals surface area contributed by atoms with Crippen LogP contribution in [0.2, 0.25) is 0 Å². The van der Waals surface area contributed by atoms with Gasteiger partial charge < -0.3 is 19.5 Å². The predicted molar refractivity (Wildman–Crippen MR) is 57.7 cm³/mol. The van der Waals surface area contributed by atoms with Crippen LogP contribution < -0.4 is 34.7 Å². The summed E-state index contributed by atoms with van der Waals surface area (Å²) in [7, 11) is 0. The van der Waals surface area contributed by atoms with Gasteiger partial charge in [0.25, 0.3) is 0 Å². The van der Waals surface area contributed by atoms with Crippen LogP contribution in [-0.4, -0.2) is 35.4 Å². The fourth-order valence-corrected chi connectivity index (χ4v) is 2.66. The predicted octanol–water partition coefficient (Wildman–Crippen LogP) is -3.80. The first kappa shape index (κ1) is 16.2. The van der Waals surface area contributed by atoms with Crippen LogP contribution in [0.5, 0.6) is 0 Å². The summed E-state index contributed by atoms with van der Waals surface area (Å²) in [6.45, 7) is 5.04. The molecule has 1 unspecified atom stereocenters. The zero-order valence-corrected chi connectivity index (χ0v) is 13.5. The van der Waals surface area contributed by atoms with Crippen molar-refractivity contribution in [3.05, 3.63) is 11.3 Å². The number of carbonyl (C=O) groups is 3. The first-order valence-corrected chi connectivity index (χ1v) is 5.77. The first-order valence-electron chi connectivity index (χ1n) is 5.77. The SMILES string of the molecule is CCOC(=O)C1(C)C(C)=C(C(=O)[O-])N2C(=O)C[C@H]21.[Na+]. The summed E-state index contributed by atoms with van der Waals surface area (Å²) in [5, 5.41) is 11.1. The van der Waals surface area contributed by atoms with E-state index >= 15 is 0 Å². The Morgan fingerprint density at radius 1 is 1.53 bits per heavy atom. The van der Waals surface area contributed by atoms with E-state index < -0.39 is 23.4 Å². The number of rotatable bonds is 3. The fourth-order valence-electron chi connectivity index (χ4n) is 2.66. The van der Waals surface area contributed by atoms with Crippen molar-refractivity contribution in [2.75, 3.05) is 6.61 Å². The molecule has 2 aliphatic rings. The first-order chi connectivity index (χ1) is 8.35. The van der Waals surface area contributed by atoms with Crippen LogP contribution in [0.1, 0.15) is 27.2 Å². The molecule has 0 aromatic carbocycles. The molecular weight excluding hydrogens is 261 g/mol. The van der Waals surface area contributed by atoms with E-state index in [9.17, 15) is 19.5 Å². The molecule has 0 aromatic heterocycles. The minimum atomic E-state index is -1.43. The molecule has 0 spiro atoms. The molecule has 2 aliphatic heterocycles. The second-order valence-corrected chi connectivity index (χ2v) is 4.67. The van der Waals surface area contributed by atoms with E-state index in [-0.39, 0.29) is 54.2 Å². The molecule has 0 aromatic rings. The molecule has 2 heterocycles. The molecule has 0 radical (unpaired) electrons. The van der Waals surface area contributed by atoms with Crippen LogP contribution >= 0.6 is 0 Å². The summed E-state index contributed by atoms with van der Waals surface area (Å²) in [5.41, 5.74) is -0.942.